The Morgan fingerprint density at radius 2 is 0.594 bits per heavy atom. The van der Waals surface area contributed by atoms with Crippen molar-refractivity contribution < 1.29 is 28.6 Å². The van der Waals surface area contributed by atoms with Crippen LogP contribution in [0.1, 0.15) is 213 Å². The summed E-state index contributed by atoms with van der Waals surface area (Å²) in [6.45, 7) is 6.28. The summed E-state index contributed by atoms with van der Waals surface area (Å²) in [6, 6.07) is 0. The Kier molecular flexibility index (Phi) is 52.1. The van der Waals surface area contributed by atoms with Crippen LogP contribution in [0.15, 0.2) is 146 Å². The molecule has 0 heterocycles. The monoisotopic (exact) mass is 951 g/mol. The van der Waals surface area contributed by atoms with Gasteiger partial charge in [0, 0.05) is 19.3 Å². The summed E-state index contributed by atoms with van der Waals surface area (Å²) in [7, 11) is 0. The van der Waals surface area contributed by atoms with Gasteiger partial charge in [-0.1, -0.05) is 212 Å². The minimum Gasteiger partial charge on any atom is -0.462 e. The zero-order valence-corrected chi connectivity index (χ0v) is 44.0. The maximum absolute atomic E-state index is 12.8. The lowest BCUT2D eigenvalue weighted by molar-refractivity contribution is -0.166. The number of carbonyl (C=O) groups is 3. The van der Waals surface area contributed by atoms with Crippen LogP contribution in [0.5, 0.6) is 0 Å². The predicted octanol–water partition coefficient (Wildman–Crippen LogP) is 18.4. The van der Waals surface area contributed by atoms with Gasteiger partial charge in [-0.2, -0.15) is 0 Å². The molecule has 0 saturated carbocycles. The van der Waals surface area contributed by atoms with E-state index in [1.165, 1.54) is 38.5 Å². The summed E-state index contributed by atoms with van der Waals surface area (Å²) in [4.78, 5) is 38.1. The van der Waals surface area contributed by atoms with Crippen LogP contribution in [0.3, 0.4) is 0 Å². The summed E-state index contributed by atoms with van der Waals surface area (Å²) in [5.41, 5.74) is 0. The number of allylic oxidation sites excluding steroid dienone is 24. The first-order valence-electron chi connectivity index (χ1n) is 27.3. The lowest BCUT2D eigenvalue weighted by Gasteiger charge is -2.18. The predicted molar refractivity (Wildman–Crippen MR) is 297 cm³/mol. The fourth-order valence-electron chi connectivity index (χ4n) is 6.78. The largest absolute Gasteiger partial charge is 0.462 e. The van der Waals surface area contributed by atoms with Crippen LogP contribution in [0.25, 0.3) is 0 Å². The molecule has 0 spiro atoms. The number of hydrogen-bond donors (Lipinski definition) is 0. The van der Waals surface area contributed by atoms with Crippen LogP contribution in [0, 0.1) is 0 Å². The number of hydrogen-bond acceptors (Lipinski definition) is 6. The molecular weight excluding hydrogens is 853 g/mol. The highest BCUT2D eigenvalue weighted by Gasteiger charge is 2.19. The second-order valence-corrected chi connectivity index (χ2v) is 17.4. The van der Waals surface area contributed by atoms with Crippen LogP contribution in [0.2, 0.25) is 0 Å². The van der Waals surface area contributed by atoms with E-state index in [0.29, 0.717) is 19.3 Å². The minimum absolute atomic E-state index is 0.129. The van der Waals surface area contributed by atoms with Gasteiger partial charge in [0.1, 0.15) is 13.2 Å². The molecule has 0 aromatic carbocycles. The Bertz CT molecular complexity index is 1560. The first kappa shape index (κ1) is 64.3. The minimum atomic E-state index is -0.842. The van der Waals surface area contributed by atoms with Gasteiger partial charge in [0.2, 0.25) is 0 Å². The Morgan fingerprint density at radius 3 is 0.971 bits per heavy atom. The zero-order chi connectivity index (χ0) is 50.0. The summed E-state index contributed by atoms with van der Waals surface area (Å²) in [6.07, 6.45) is 79.9. The van der Waals surface area contributed by atoms with Crippen LogP contribution in [0.4, 0.5) is 0 Å². The maximum Gasteiger partial charge on any atom is 0.306 e. The fraction of sp³-hybridized carbons (Fsp3) is 0.571. The van der Waals surface area contributed by atoms with Crippen molar-refractivity contribution in [3.63, 3.8) is 0 Å². The van der Waals surface area contributed by atoms with Crippen molar-refractivity contribution in [3.05, 3.63) is 146 Å². The molecule has 386 valence electrons. The molecule has 0 aliphatic heterocycles. The van der Waals surface area contributed by atoms with Gasteiger partial charge in [-0.3, -0.25) is 14.4 Å². The van der Waals surface area contributed by atoms with Gasteiger partial charge in [0.25, 0.3) is 0 Å². The van der Waals surface area contributed by atoms with E-state index >= 15 is 0 Å². The van der Waals surface area contributed by atoms with Crippen LogP contribution >= 0.6 is 0 Å². The molecular formula is C63H98O6. The van der Waals surface area contributed by atoms with Crippen molar-refractivity contribution in [3.8, 4) is 0 Å². The SMILES string of the molecule is CC/C=C\C/C=C\C/C=C\C/C=C\C/C=C\C/C=C\CCC(=O)O[C@H](COC(=O)CCCCC/C=C\C/C=C\C/C=C\C/C=C\C/C=C\CC)COC(=O)CCCCCCC/C=C\CCCCCC. The summed E-state index contributed by atoms with van der Waals surface area (Å²) in [5, 5.41) is 0. The molecule has 0 bridgehead atoms. The average Bonchev–Trinajstić information content (AvgIpc) is 3.35. The quantitative estimate of drug-likeness (QED) is 0.0262. The van der Waals surface area contributed by atoms with Crippen LogP contribution in [-0.4, -0.2) is 37.2 Å². The lowest BCUT2D eigenvalue weighted by atomic mass is 10.1. The molecule has 0 aliphatic rings. The molecule has 0 rings (SSSR count). The number of rotatable bonds is 47. The van der Waals surface area contributed by atoms with Gasteiger partial charge >= 0.3 is 17.9 Å². The van der Waals surface area contributed by atoms with E-state index in [9.17, 15) is 14.4 Å². The average molecular weight is 951 g/mol. The van der Waals surface area contributed by atoms with Gasteiger partial charge in [0.05, 0.1) is 0 Å². The Morgan fingerprint density at radius 1 is 0.304 bits per heavy atom. The van der Waals surface area contributed by atoms with E-state index in [4.69, 9.17) is 14.2 Å². The number of esters is 3. The van der Waals surface area contributed by atoms with Crippen molar-refractivity contribution in [2.75, 3.05) is 13.2 Å². The molecule has 0 radical (unpaired) electrons. The van der Waals surface area contributed by atoms with Gasteiger partial charge in [0.15, 0.2) is 6.10 Å². The first-order chi connectivity index (χ1) is 34.0. The molecule has 1 atom stereocenters. The smallest absolute Gasteiger partial charge is 0.306 e. The molecule has 69 heavy (non-hydrogen) atoms. The third kappa shape index (κ3) is 54.1. The molecule has 0 fully saturated rings. The first-order valence-corrected chi connectivity index (χ1v) is 27.3. The third-order valence-corrected chi connectivity index (χ3v) is 10.8. The standard InChI is InChI=1S/C63H98O6/c1-4-7-10-13-16-19-22-25-27-29-31-33-35-38-41-44-47-50-53-56-62(65)68-59-60(58-67-61(64)55-52-49-46-43-40-37-24-21-18-15-12-9-6-3)69-63(66)57-54-51-48-45-42-39-36-34-32-30-28-26-23-20-17-14-11-8-5-2/h7-8,10-11,16-17,19-21,24-28,31-34,38-39,41-42,48,51,60H,4-6,9,12-15,18,22-23,29-30,35-37,40,43-47,49-50,52-59H2,1-3H3/b10-7-,11-8-,19-16-,20-17-,24-21-,27-25-,28-26-,33-31-,34-32-,41-38-,42-39-,51-48-/t60-/m0/s1. The van der Waals surface area contributed by atoms with Crippen molar-refractivity contribution >= 4 is 17.9 Å². The number of unbranched alkanes of at least 4 members (excludes halogenated alkanes) is 12. The van der Waals surface area contributed by atoms with Crippen LogP contribution in [-0.2, 0) is 28.6 Å². The summed E-state index contributed by atoms with van der Waals surface area (Å²) >= 11 is 0. The molecule has 0 amide bonds. The molecule has 0 aromatic heterocycles. The topological polar surface area (TPSA) is 78.9 Å². The normalized spacial score (nSPS) is 13.3. The van der Waals surface area contributed by atoms with Gasteiger partial charge in [-0.25, -0.2) is 0 Å². The van der Waals surface area contributed by atoms with Gasteiger partial charge in [-0.15, -0.1) is 0 Å². The highest BCUT2D eigenvalue weighted by Crippen LogP contribution is 2.12. The van der Waals surface area contributed by atoms with Crippen molar-refractivity contribution in [1.29, 1.82) is 0 Å². The van der Waals surface area contributed by atoms with E-state index in [-0.39, 0.29) is 31.6 Å². The maximum atomic E-state index is 12.8. The van der Waals surface area contributed by atoms with E-state index in [1.54, 1.807) is 0 Å². The van der Waals surface area contributed by atoms with Crippen LogP contribution < -0.4 is 0 Å². The fourth-order valence-corrected chi connectivity index (χ4v) is 6.78. The lowest BCUT2D eigenvalue weighted by Crippen LogP contribution is -2.30. The third-order valence-electron chi connectivity index (χ3n) is 10.8. The Hall–Kier alpha value is -4.71. The zero-order valence-electron chi connectivity index (χ0n) is 44.0. The Labute approximate surface area is 423 Å². The highest BCUT2D eigenvalue weighted by molar-refractivity contribution is 5.71. The molecule has 0 aliphatic carbocycles. The van der Waals surface area contributed by atoms with Gasteiger partial charge in [-0.05, 0) is 128 Å². The van der Waals surface area contributed by atoms with Crippen molar-refractivity contribution in [2.24, 2.45) is 0 Å². The van der Waals surface area contributed by atoms with Gasteiger partial charge < -0.3 is 14.2 Å². The van der Waals surface area contributed by atoms with E-state index < -0.39 is 12.1 Å². The van der Waals surface area contributed by atoms with Crippen molar-refractivity contribution in [2.45, 2.75) is 219 Å². The second kappa shape index (κ2) is 55.9. The van der Waals surface area contributed by atoms with E-state index in [1.807, 2.05) is 12.2 Å². The van der Waals surface area contributed by atoms with Crippen molar-refractivity contribution in [1.82, 2.24) is 0 Å². The molecule has 6 heteroatoms. The molecule has 0 N–H and O–H groups in total. The molecule has 0 aromatic rings. The highest BCUT2D eigenvalue weighted by atomic mass is 16.6. The summed E-state index contributed by atoms with van der Waals surface area (Å²) < 4.78 is 16.7. The molecule has 0 saturated heterocycles. The molecule has 0 unspecified atom stereocenters. The number of carbonyl (C=O) groups excluding carboxylic acids is 3. The second-order valence-electron chi connectivity index (χ2n) is 17.4. The number of ether oxygens (including phenoxy) is 3. The molecule has 6 nitrogen and oxygen atoms in total. The van der Waals surface area contributed by atoms with E-state index in [2.05, 4.69) is 154 Å². The Balaban J connectivity index is 4.60. The summed E-state index contributed by atoms with van der Waals surface area (Å²) in [5.74, 6) is -1.07. The van der Waals surface area contributed by atoms with E-state index in [0.717, 1.165) is 128 Å².